The fraction of sp³-hybridized carbons (Fsp3) is 0.150. The molecule has 0 radical (unpaired) electrons. The maximum atomic E-state index is 12.7. The predicted molar refractivity (Wildman–Crippen MR) is 114 cm³/mol. The van der Waals surface area contributed by atoms with E-state index in [0.717, 1.165) is 21.8 Å². The van der Waals surface area contributed by atoms with Crippen molar-refractivity contribution in [3.05, 3.63) is 75.0 Å². The lowest BCUT2D eigenvalue weighted by atomic mass is 10.2. The number of rotatable bonds is 5. The zero-order valence-electron chi connectivity index (χ0n) is 14.6. The van der Waals surface area contributed by atoms with Crippen molar-refractivity contribution in [2.45, 2.75) is 24.4 Å². The van der Waals surface area contributed by atoms with E-state index in [1.54, 1.807) is 15.9 Å². The van der Waals surface area contributed by atoms with Crippen molar-refractivity contribution in [1.82, 2.24) is 14.5 Å². The Balaban J connectivity index is 1.61. The molecule has 4 nitrogen and oxygen atoms in total. The Morgan fingerprint density at radius 1 is 1.11 bits per heavy atom. The van der Waals surface area contributed by atoms with Crippen LogP contribution in [0.1, 0.15) is 12.6 Å². The molecule has 2 heterocycles. The van der Waals surface area contributed by atoms with Gasteiger partial charge in [-0.2, -0.15) is 0 Å². The Kier molecular flexibility index (Phi) is 5.29. The third-order valence-electron chi connectivity index (χ3n) is 4.15. The van der Waals surface area contributed by atoms with Gasteiger partial charge in [0.1, 0.15) is 5.01 Å². The first-order valence-electron chi connectivity index (χ1n) is 8.49. The van der Waals surface area contributed by atoms with E-state index < -0.39 is 0 Å². The van der Waals surface area contributed by atoms with E-state index in [4.69, 9.17) is 16.6 Å². The zero-order valence-corrected chi connectivity index (χ0v) is 16.9. The Morgan fingerprint density at radius 2 is 1.89 bits per heavy atom. The summed E-state index contributed by atoms with van der Waals surface area (Å²) in [7, 11) is 0. The van der Waals surface area contributed by atoms with Crippen molar-refractivity contribution < 1.29 is 0 Å². The van der Waals surface area contributed by atoms with Gasteiger partial charge in [-0.05, 0) is 25.1 Å². The molecule has 0 unspecified atom stereocenters. The summed E-state index contributed by atoms with van der Waals surface area (Å²) in [6, 6.07) is 15.2. The summed E-state index contributed by atoms with van der Waals surface area (Å²) in [5.74, 6) is 0.645. The number of nitrogens with zero attached hydrogens (tertiary/aromatic N) is 3. The first kappa shape index (κ1) is 18.2. The van der Waals surface area contributed by atoms with Gasteiger partial charge < -0.3 is 0 Å². The number of hydrogen-bond donors (Lipinski definition) is 0. The molecule has 2 aromatic carbocycles. The number of hydrogen-bond acceptors (Lipinski definition) is 5. The van der Waals surface area contributed by atoms with Crippen LogP contribution in [0.5, 0.6) is 0 Å². The first-order chi connectivity index (χ1) is 13.2. The van der Waals surface area contributed by atoms with Crippen molar-refractivity contribution in [1.29, 1.82) is 0 Å². The van der Waals surface area contributed by atoms with Crippen LogP contribution >= 0.6 is 34.7 Å². The van der Waals surface area contributed by atoms with Crippen molar-refractivity contribution in [3.63, 3.8) is 0 Å². The van der Waals surface area contributed by atoms with Crippen LogP contribution in [0.3, 0.4) is 0 Å². The van der Waals surface area contributed by atoms with Gasteiger partial charge >= 0.3 is 0 Å². The Hall–Kier alpha value is -2.15. The number of benzene rings is 2. The molecule has 0 bridgehead atoms. The number of thioether (sulfide) groups is 1. The Morgan fingerprint density at radius 3 is 2.70 bits per heavy atom. The standard InChI is InChI=1S/C20H16ClN3OS2/c1-2-24-19(25)15-8-4-6-10-17(15)23-20(24)27-12-13-11-26-18(22-13)14-7-3-5-9-16(14)21/h3-11H,2,12H2,1H3. The molecule has 0 fully saturated rings. The van der Waals surface area contributed by atoms with Gasteiger partial charge in [0, 0.05) is 23.2 Å². The molecule has 7 heteroatoms. The molecule has 136 valence electrons. The Bertz CT molecular complexity index is 1170. The second kappa shape index (κ2) is 7.84. The number of para-hydroxylation sites is 1. The summed E-state index contributed by atoms with van der Waals surface area (Å²) in [4.78, 5) is 22.1. The van der Waals surface area contributed by atoms with Crippen LogP contribution in [-0.2, 0) is 12.3 Å². The zero-order chi connectivity index (χ0) is 18.8. The van der Waals surface area contributed by atoms with E-state index in [1.165, 1.54) is 11.8 Å². The van der Waals surface area contributed by atoms with Crippen LogP contribution in [0, 0.1) is 0 Å². The molecule has 0 spiro atoms. The van der Waals surface area contributed by atoms with E-state index in [-0.39, 0.29) is 5.56 Å². The van der Waals surface area contributed by atoms with Gasteiger partial charge in [-0.1, -0.05) is 53.7 Å². The van der Waals surface area contributed by atoms with Crippen molar-refractivity contribution >= 4 is 45.6 Å². The fourth-order valence-electron chi connectivity index (χ4n) is 2.81. The quantitative estimate of drug-likeness (QED) is 0.321. The van der Waals surface area contributed by atoms with Gasteiger partial charge in [-0.25, -0.2) is 9.97 Å². The summed E-state index contributed by atoms with van der Waals surface area (Å²) in [5.41, 5.74) is 2.62. The van der Waals surface area contributed by atoms with Crippen LogP contribution in [0.2, 0.25) is 5.02 Å². The number of fused-ring (bicyclic) bond motifs is 1. The van der Waals surface area contributed by atoms with Gasteiger partial charge in [0.15, 0.2) is 5.16 Å². The smallest absolute Gasteiger partial charge is 0.262 e. The molecular weight excluding hydrogens is 398 g/mol. The third kappa shape index (κ3) is 3.65. The maximum Gasteiger partial charge on any atom is 0.262 e. The normalized spacial score (nSPS) is 11.2. The highest BCUT2D eigenvalue weighted by Crippen LogP contribution is 2.31. The van der Waals surface area contributed by atoms with Crippen LogP contribution in [0.25, 0.3) is 21.5 Å². The first-order valence-corrected chi connectivity index (χ1v) is 10.7. The van der Waals surface area contributed by atoms with Crippen molar-refractivity contribution in [2.75, 3.05) is 0 Å². The molecular formula is C20H16ClN3OS2. The molecule has 0 saturated carbocycles. The fourth-order valence-corrected chi connectivity index (χ4v) is 5.01. The molecule has 0 N–H and O–H groups in total. The molecule has 0 aliphatic rings. The van der Waals surface area contributed by atoms with Crippen LogP contribution in [-0.4, -0.2) is 14.5 Å². The molecule has 0 amide bonds. The molecule has 0 aliphatic carbocycles. The highest BCUT2D eigenvalue weighted by atomic mass is 35.5. The van der Waals surface area contributed by atoms with E-state index in [0.29, 0.717) is 27.9 Å². The third-order valence-corrected chi connectivity index (χ3v) is 6.41. The lowest BCUT2D eigenvalue weighted by Gasteiger charge is -2.10. The van der Waals surface area contributed by atoms with Gasteiger partial charge in [0.05, 0.1) is 21.6 Å². The van der Waals surface area contributed by atoms with E-state index in [2.05, 4.69) is 4.98 Å². The summed E-state index contributed by atoms with van der Waals surface area (Å²) >= 11 is 9.37. The number of aromatic nitrogens is 3. The summed E-state index contributed by atoms with van der Waals surface area (Å²) in [6.45, 7) is 2.54. The number of halogens is 1. The largest absolute Gasteiger partial charge is 0.287 e. The molecule has 0 saturated heterocycles. The van der Waals surface area contributed by atoms with Gasteiger partial charge in [-0.15, -0.1) is 11.3 Å². The van der Waals surface area contributed by atoms with Gasteiger partial charge in [0.2, 0.25) is 0 Å². The minimum absolute atomic E-state index is 0.000587. The molecule has 2 aromatic heterocycles. The second-order valence-electron chi connectivity index (χ2n) is 5.87. The average Bonchev–Trinajstić information content (AvgIpc) is 3.16. The molecule has 0 atom stereocenters. The highest BCUT2D eigenvalue weighted by molar-refractivity contribution is 7.98. The predicted octanol–water partition coefficient (Wildman–Crippen LogP) is 5.49. The summed E-state index contributed by atoms with van der Waals surface area (Å²) in [6.07, 6.45) is 0. The minimum Gasteiger partial charge on any atom is -0.287 e. The second-order valence-corrected chi connectivity index (χ2v) is 8.08. The SMILES string of the molecule is CCn1c(SCc2csc(-c3ccccc3Cl)n2)nc2ccccc2c1=O. The van der Waals surface area contributed by atoms with Crippen molar-refractivity contribution in [3.8, 4) is 10.6 Å². The molecule has 0 aliphatic heterocycles. The van der Waals surface area contributed by atoms with E-state index >= 15 is 0 Å². The molecule has 27 heavy (non-hydrogen) atoms. The monoisotopic (exact) mass is 413 g/mol. The van der Waals surface area contributed by atoms with Gasteiger partial charge in [0.25, 0.3) is 5.56 Å². The summed E-state index contributed by atoms with van der Waals surface area (Å²) in [5, 5.41) is 4.99. The van der Waals surface area contributed by atoms with E-state index in [1.807, 2.05) is 60.8 Å². The lowest BCUT2D eigenvalue weighted by Crippen LogP contribution is -2.22. The van der Waals surface area contributed by atoms with Crippen LogP contribution in [0.15, 0.2) is 63.9 Å². The van der Waals surface area contributed by atoms with Crippen molar-refractivity contribution in [2.24, 2.45) is 0 Å². The van der Waals surface area contributed by atoms with Crippen LogP contribution in [0.4, 0.5) is 0 Å². The number of thiazole rings is 1. The van der Waals surface area contributed by atoms with E-state index in [9.17, 15) is 4.79 Å². The molecule has 4 rings (SSSR count). The van der Waals surface area contributed by atoms with Crippen LogP contribution < -0.4 is 5.56 Å². The highest BCUT2D eigenvalue weighted by Gasteiger charge is 2.12. The van der Waals surface area contributed by atoms with Gasteiger partial charge in [-0.3, -0.25) is 9.36 Å². The minimum atomic E-state index is 0.000587. The maximum absolute atomic E-state index is 12.7. The topological polar surface area (TPSA) is 47.8 Å². The lowest BCUT2D eigenvalue weighted by molar-refractivity contribution is 0.634. The summed E-state index contributed by atoms with van der Waals surface area (Å²) < 4.78 is 1.72. The average molecular weight is 414 g/mol. The Labute approximate surface area is 169 Å². The molecule has 4 aromatic rings.